The number of carbonyl (C=O) groups is 2. The molecule has 0 fully saturated rings. The van der Waals surface area contributed by atoms with Crippen molar-refractivity contribution in [1.82, 2.24) is 5.32 Å². The quantitative estimate of drug-likeness (QED) is 0.538. The number of hydrogen-bond donors (Lipinski definition) is 3. The van der Waals surface area contributed by atoms with Crippen LogP contribution in [0, 0.1) is 5.92 Å². The van der Waals surface area contributed by atoms with Gasteiger partial charge in [-0.05, 0) is 34.5 Å². The first-order valence-corrected chi connectivity index (χ1v) is 7.55. The fraction of sp³-hybridized carbons (Fsp3) is 0.231. The summed E-state index contributed by atoms with van der Waals surface area (Å²) in [5, 5.41) is 14.7. The molecular formula is C13H11BrCl2N2O3. The van der Waals surface area contributed by atoms with Crippen LogP contribution >= 0.6 is 39.1 Å². The summed E-state index contributed by atoms with van der Waals surface area (Å²) in [6, 6.07) is 2.48. The number of amides is 2. The highest BCUT2D eigenvalue weighted by molar-refractivity contribution is 9.10. The standard InChI is InChI=1S/C13H11BrCl2N2O3/c14-8-3-4-9(11(16)10(8)15)18-13(21)17-7-2-1-6(5-7)12(19)20/h1-4,6-7H,5H2,(H,19,20)(H2,17,18,21). The molecule has 0 spiro atoms. The van der Waals surface area contributed by atoms with Gasteiger partial charge in [0.25, 0.3) is 0 Å². The molecule has 0 heterocycles. The summed E-state index contributed by atoms with van der Waals surface area (Å²) < 4.78 is 0.628. The van der Waals surface area contributed by atoms with E-state index in [4.69, 9.17) is 28.3 Å². The van der Waals surface area contributed by atoms with Gasteiger partial charge in [-0.2, -0.15) is 0 Å². The van der Waals surface area contributed by atoms with Crippen LogP contribution in [0.5, 0.6) is 0 Å². The van der Waals surface area contributed by atoms with Crippen molar-refractivity contribution < 1.29 is 14.7 Å². The average molecular weight is 394 g/mol. The Morgan fingerprint density at radius 1 is 1.24 bits per heavy atom. The zero-order valence-electron chi connectivity index (χ0n) is 10.6. The Morgan fingerprint density at radius 3 is 2.57 bits per heavy atom. The number of hydrogen-bond acceptors (Lipinski definition) is 2. The van der Waals surface area contributed by atoms with Crippen molar-refractivity contribution >= 4 is 56.8 Å². The fourth-order valence-corrected chi connectivity index (χ4v) is 2.76. The molecule has 0 aromatic heterocycles. The summed E-state index contributed by atoms with van der Waals surface area (Å²) in [6.45, 7) is 0. The van der Waals surface area contributed by atoms with Crippen LogP contribution < -0.4 is 10.6 Å². The van der Waals surface area contributed by atoms with E-state index < -0.39 is 17.9 Å². The van der Waals surface area contributed by atoms with Crippen molar-refractivity contribution in [3.63, 3.8) is 0 Å². The third-order valence-corrected chi connectivity index (χ3v) is 4.77. The predicted octanol–water partition coefficient (Wildman–Crippen LogP) is 3.91. The monoisotopic (exact) mass is 392 g/mol. The molecule has 5 nitrogen and oxygen atoms in total. The largest absolute Gasteiger partial charge is 0.481 e. The lowest BCUT2D eigenvalue weighted by Crippen LogP contribution is -2.36. The van der Waals surface area contributed by atoms with E-state index in [1.54, 1.807) is 24.3 Å². The van der Waals surface area contributed by atoms with E-state index in [2.05, 4.69) is 26.6 Å². The van der Waals surface area contributed by atoms with Crippen molar-refractivity contribution in [2.24, 2.45) is 5.92 Å². The van der Waals surface area contributed by atoms with Crippen molar-refractivity contribution in [2.75, 3.05) is 5.32 Å². The van der Waals surface area contributed by atoms with Crippen molar-refractivity contribution in [2.45, 2.75) is 12.5 Å². The van der Waals surface area contributed by atoms with E-state index in [9.17, 15) is 9.59 Å². The maximum atomic E-state index is 11.9. The van der Waals surface area contributed by atoms with E-state index >= 15 is 0 Å². The molecule has 1 aromatic rings. The molecule has 0 aliphatic heterocycles. The minimum Gasteiger partial charge on any atom is -0.481 e. The number of carboxylic acids is 1. The molecule has 2 unspecified atom stereocenters. The molecular weight excluding hydrogens is 383 g/mol. The molecule has 1 aromatic carbocycles. The molecule has 2 rings (SSSR count). The Kier molecular flexibility index (Phi) is 5.13. The highest BCUT2D eigenvalue weighted by Gasteiger charge is 2.25. The van der Waals surface area contributed by atoms with Crippen molar-refractivity contribution in [1.29, 1.82) is 0 Å². The van der Waals surface area contributed by atoms with Gasteiger partial charge >= 0.3 is 12.0 Å². The number of rotatable bonds is 3. The molecule has 112 valence electrons. The molecule has 0 saturated heterocycles. The third kappa shape index (κ3) is 3.90. The van der Waals surface area contributed by atoms with E-state index in [0.29, 0.717) is 21.6 Å². The van der Waals surface area contributed by atoms with E-state index in [1.165, 1.54) is 0 Å². The van der Waals surface area contributed by atoms with Gasteiger partial charge in [-0.1, -0.05) is 35.4 Å². The summed E-state index contributed by atoms with van der Waals surface area (Å²) in [5.41, 5.74) is 0.374. The lowest BCUT2D eigenvalue weighted by molar-refractivity contribution is -0.140. The molecule has 21 heavy (non-hydrogen) atoms. The van der Waals surface area contributed by atoms with Crippen LogP contribution in [0.4, 0.5) is 10.5 Å². The van der Waals surface area contributed by atoms with E-state index in [1.807, 2.05) is 0 Å². The summed E-state index contributed by atoms with van der Waals surface area (Å²) in [6.07, 6.45) is 3.56. The highest BCUT2D eigenvalue weighted by atomic mass is 79.9. The van der Waals surface area contributed by atoms with Gasteiger partial charge in [0, 0.05) is 4.47 Å². The molecule has 1 aliphatic rings. The Bertz CT molecular complexity index is 622. The van der Waals surface area contributed by atoms with Gasteiger partial charge in [-0.3, -0.25) is 4.79 Å². The van der Waals surface area contributed by atoms with Crippen molar-refractivity contribution in [3.05, 3.63) is 38.8 Å². The van der Waals surface area contributed by atoms with Crippen LogP contribution in [0.15, 0.2) is 28.8 Å². The van der Waals surface area contributed by atoms with Gasteiger partial charge in [-0.15, -0.1) is 0 Å². The first-order valence-electron chi connectivity index (χ1n) is 6.00. The first-order chi connectivity index (χ1) is 9.88. The number of carbonyl (C=O) groups excluding carboxylic acids is 1. The number of carboxylic acid groups (broad SMARTS) is 1. The molecule has 8 heteroatoms. The number of aliphatic carboxylic acids is 1. The molecule has 0 saturated carbocycles. The third-order valence-electron chi connectivity index (χ3n) is 3.00. The maximum absolute atomic E-state index is 11.9. The SMILES string of the molecule is O=C(Nc1ccc(Br)c(Cl)c1Cl)NC1C=CC(C(=O)O)C1. The van der Waals surface area contributed by atoms with Crippen LogP contribution in [0.1, 0.15) is 6.42 Å². The number of nitrogens with one attached hydrogen (secondary N) is 2. The number of urea groups is 1. The molecule has 2 amide bonds. The fourth-order valence-electron chi connectivity index (χ4n) is 1.94. The minimum atomic E-state index is -0.904. The first kappa shape index (κ1) is 16.1. The maximum Gasteiger partial charge on any atom is 0.319 e. The second kappa shape index (κ2) is 6.68. The molecule has 2 atom stereocenters. The van der Waals surface area contributed by atoms with Gasteiger partial charge in [0.2, 0.25) is 0 Å². The molecule has 0 bridgehead atoms. The molecule has 0 radical (unpaired) electrons. The Labute approximate surface area is 139 Å². The van der Waals surface area contributed by atoms with Gasteiger partial charge < -0.3 is 15.7 Å². The number of anilines is 1. The molecule has 1 aliphatic carbocycles. The smallest absolute Gasteiger partial charge is 0.319 e. The highest BCUT2D eigenvalue weighted by Crippen LogP contribution is 2.35. The van der Waals surface area contributed by atoms with Gasteiger partial charge in [0.1, 0.15) is 0 Å². The second-order valence-corrected chi connectivity index (χ2v) is 6.10. The Morgan fingerprint density at radius 2 is 1.95 bits per heavy atom. The van der Waals surface area contributed by atoms with Crippen LogP contribution in [0.25, 0.3) is 0 Å². The van der Waals surface area contributed by atoms with E-state index in [-0.39, 0.29) is 11.1 Å². The van der Waals surface area contributed by atoms with Gasteiger partial charge in [-0.25, -0.2) is 4.79 Å². The molecule has 3 N–H and O–H groups in total. The van der Waals surface area contributed by atoms with Crippen LogP contribution in [0.2, 0.25) is 10.0 Å². The predicted molar refractivity (Wildman–Crippen MR) is 85.0 cm³/mol. The Hall–Kier alpha value is -1.24. The van der Waals surface area contributed by atoms with Crippen LogP contribution in [-0.2, 0) is 4.79 Å². The number of halogens is 3. The minimum absolute atomic E-state index is 0.228. The summed E-state index contributed by atoms with van der Waals surface area (Å²) >= 11 is 15.2. The zero-order valence-corrected chi connectivity index (χ0v) is 13.7. The van der Waals surface area contributed by atoms with Gasteiger partial charge in [0.05, 0.1) is 27.7 Å². The topological polar surface area (TPSA) is 78.4 Å². The summed E-state index contributed by atoms with van der Waals surface area (Å²) in [5.74, 6) is -1.47. The lowest BCUT2D eigenvalue weighted by atomic mass is 10.1. The van der Waals surface area contributed by atoms with Gasteiger partial charge in [0.15, 0.2) is 0 Å². The zero-order chi connectivity index (χ0) is 15.6. The normalized spacial score (nSPS) is 20.3. The number of benzene rings is 1. The van der Waals surface area contributed by atoms with Crippen molar-refractivity contribution in [3.8, 4) is 0 Å². The second-order valence-electron chi connectivity index (χ2n) is 4.49. The Balaban J connectivity index is 1.96. The average Bonchev–Trinajstić information content (AvgIpc) is 2.88. The van der Waals surface area contributed by atoms with Crippen LogP contribution in [0.3, 0.4) is 0 Å². The summed E-state index contributed by atoms with van der Waals surface area (Å²) in [7, 11) is 0. The van der Waals surface area contributed by atoms with Crippen LogP contribution in [-0.4, -0.2) is 23.1 Å². The van der Waals surface area contributed by atoms with E-state index in [0.717, 1.165) is 0 Å². The summed E-state index contributed by atoms with van der Waals surface area (Å²) in [4.78, 5) is 22.7. The lowest BCUT2D eigenvalue weighted by Gasteiger charge is -2.14.